The van der Waals surface area contributed by atoms with Crippen molar-refractivity contribution < 1.29 is 14.3 Å². The lowest BCUT2D eigenvalue weighted by Crippen LogP contribution is -2.50. The average molecular weight is 393 g/mol. The lowest BCUT2D eigenvalue weighted by Gasteiger charge is -2.36. The highest BCUT2D eigenvalue weighted by atomic mass is 16.6. The maximum atomic E-state index is 12.3. The van der Waals surface area contributed by atoms with Crippen LogP contribution in [-0.4, -0.2) is 83.5 Å². The van der Waals surface area contributed by atoms with Crippen LogP contribution < -0.4 is 9.80 Å². The van der Waals surface area contributed by atoms with Gasteiger partial charge >= 0.3 is 6.09 Å². The van der Waals surface area contributed by atoms with Crippen molar-refractivity contribution in [1.29, 1.82) is 0 Å². The molecular formula is C19H32N6O3. The van der Waals surface area contributed by atoms with Crippen molar-refractivity contribution in [2.75, 3.05) is 55.7 Å². The minimum absolute atomic E-state index is 0.163. The molecule has 0 bridgehead atoms. The first kappa shape index (κ1) is 20.6. The van der Waals surface area contributed by atoms with E-state index >= 15 is 0 Å². The van der Waals surface area contributed by atoms with Crippen molar-refractivity contribution in [3.63, 3.8) is 0 Å². The number of rotatable bonds is 3. The van der Waals surface area contributed by atoms with E-state index < -0.39 is 5.60 Å². The topological polar surface area (TPSA) is 83.9 Å². The number of morpholine rings is 1. The summed E-state index contributed by atoms with van der Waals surface area (Å²) in [4.78, 5) is 32.3. The standard InChI is InChI=1S/C19H32N6O3/c1-6-15-20-16(22-17(21-15)25-11-12-27-14(2)13-25)23-7-9-24(10-8-23)18(26)28-19(3,4)5/h14H,6-13H2,1-5H3. The van der Waals surface area contributed by atoms with Crippen LogP contribution in [0.5, 0.6) is 0 Å². The SMILES string of the molecule is CCc1nc(N2CCN(C(=O)OC(C)(C)C)CC2)nc(N2CCOC(C)C2)n1. The van der Waals surface area contributed by atoms with Crippen LogP contribution in [0, 0.1) is 0 Å². The summed E-state index contributed by atoms with van der Waals surface area (Å²) in [5.41, 5.74) is -0.483. The Morgan fingerprint density at radius 2 is 1.71 bits per heavy atom. The second-order valence-corrected chi connectivity index (χ2v) is 8.29. The van der Waals surface area contributed by atoms with Crippen LogP contribution in [0.3, 0.4) is 0 Å². The van der Waals surface area contributed by atoms with Gasteiger partial charge in [0.25, 0.3) is 0 Å². The van der Waals surface area contributed by atoms with Crippen LogP contribution in [0.15, 0.2) is 0 Å². The van der Waals surface area contributed by atoms with Gasteiger partial charge in [0.1, 0.15) is 11.4 Å². The number of hydrogen-bond acceptors (Lipinski definition) is 8. The first-order chi connectivity index (χ1) is 13.2. The Labute approximate surface area is 167 Å². The summed E-state index contributed by atoms with van der Waals surface area (Å²) in [6, 6.07) is 0. The first-order valence-corrected chi connectivity index (χ1v) is 10.1. The molecule has 9 nitrogen and oxygen atoms in total. The number of piperazine rings is 1. The molecule has 1 aromatic heterocycles. The zero-order chi connectivity index (χ0) is 20.3. The molecule has 0 N–H and O–H groups in total. The van der Waals surface area contributed by atoms with Crippen LogP contribution in [-0.2, 0) is 15.9 Å². The fraction of sp³-hybridized carbons (Fsp3) is 0.789. The number of anilines is 2. The molecular weight excluding hydrogens is 360 g/mol. The molecule has 156 valence electrons. The highest BCUT2D eigenvalue weighted by Gasteiger charge is 2.28. The molecule has 3 heterocycles. The van der Waals surface area contributed by atoms with Crippen LogP contribution in [0.1, 0.15) is 40.4 Å². The molecule has 0 saturated carbocycles. The summed E-state index contributed by atoms with van der Waals surface area (Å²) in [6.45, 7) is 14.5. The van der Waals surface area contributed by atoms with Gasteiger partial charge in [-0.1, -0.05) is 6.92 Å². The monoisotopic (exact) mass is 392 g/mol. The van der Waals surface area contributed by atoms with E-state index in [-0.39, 0.29) is 12.2 Å². The summed E-state index contributed by atoms with van der Waals surface area (Å²) in [5, 5.41) is 0. The largest absolute Gasteiger partial charge is 0.444 e. The third-order valence-electron chi connectivity index (χ3n) is 4.71. The van der Waals surface area contributed by atoms with E-state index in [4.69, 9.17) is 14.5 Å². The third kappa shape index (κ3) is 5.21. The zero-order valence-electron chi connectivity index (χ0n) is 17.6. The molecule has 9 heteroatoms. The Morgan fingerprint density at radius 3 is 2.29 bits per heavy atom. The quantitative estimate of drug-likeness (QED) is 0.769. The van der Waals surface area contributed by atoms with E-state index in [9.17, 15) is 4.79 Å². The van der Waals surface area contributed by atoms with Gasteiger partial charge in [-0.3, -0.25) is 0 Å². The molecule has 1 unspecified atom stereocenters. The van der Waals surface area contributed by atoms with Crippen molar-refractivity contribution in [1.82, 2.24) is 19.9 Å². The van der Waals surface area contributed by atoms with Gasteiger partial charge in [-0.05, 0) is 27.7 Å². The van der Waals surface area contributed by atoms with Gasteiger partial charge in [0.05, 0.1) is 12.7 Å². The molecule has 0 spiro atoms. The first-order valence-electron chi connectivity index (χ1n) is 10.1. The van der Waals surface area contributed by atoms with Crippen LogP contribution in [0.2, 0.25) is 0 Å². The van der Waals surface area contributed by atoms with Crippen LogP contribution in [0.4, 0.5) is 16.7 Å². The molecule has 2 fully saturated rings. The van der Waals surface area contributed by atoms with E-state index in [1.807, 2.05) is 27.7 Å². The fourth-order valence-electron chi connectivity index (χ4n) is 3.25. The molecule has 2 saturated heterocycles. The average Bonchev–Trinajstić information content (AvgIpc) is 2.66. The Balaban J connectivity index is 1.68. The van der Waals surface area contributed by atoms with Gasteiger partial charge in [0.15, 0.2) is 0 Å². The van der Waals surface area contributed by atoms with Crippen molar-refractivity contribution in [3.05, 3.63) is 5.82 Å². The predicted octanol–water partition coefficient (Wildman–Crippen LogP) is 1.72. The molecule has 0 radical (unpaired) electrons. The maximum Gasteiger partial charge on any atom is 0.410 e. The number of aromatic nitrogens is 3. The van der Waals surface area contributed by atoms with Gasteiger partial charge in [0, 0.05) is 45.7 Å². The van der Waals surface area contributed by atoms with Crippen molar-refractivity contribution in [3.8, 4) is 0 Å². The van der Waals surface area contributed by atoms with Crippen molar-refractivity contribution in [2.24, 2.45) is 0 Å². The van der Waals surface area contributed by atoms with E-state index in [1.165, 1.54) is 0 Å². The molecule has 1 atom stereocenters. The molecule has 3 rings (SSSR count). The fourth-order valence-corrected chi connectivity index (χ4v) is 3.25. The van der Waals surface area contributed by atoms with Crippen LogP contribution in [0.25, 0.3) is 0 Å². The minimum atomic E-state index is -0.483. The lowest BCUT2D eigenvalue weighted by molar-refractivity contribution is 0.0240. The van der Waals surface area contributed by atoms with Crippen molar-refractivity contribution in [2.45, 2.75) is 52.7 Å². The van der Waals surface area contributed by atoms with Crippen LogP contribution >= 0.6 is 0 Å². The van der Waals surface area contributed by atoms with E-state index in [0.29, 0.717) is 44.7 Å². The van der Waals surface area contributed by atoms with Crippen molar-refractivity contribution >= 4 is 18.0 Å². The molecule has 1 aromatic rings. The lowest BCUT2D eigenvalue weighted by atomic mass is 10.2. The number of ether oxygens (including phenoxy) is 2. The maximum absolute atomic E-state index is 12.3. The number of hydrogen-bond donors (Lipinski definition) is 0. The molecule has 2 aliphatic rings. The van der Waals surface area contributed by atoms with Gasteiger partial charge in [-0.15, -0.1) is 0 Å². The van der Waals surface area contributed by atoms with E-state index in [0.717, 1.165) is 25.3 Å². The zero-order valence-corrected chi connectivity index (χ0v) is 17.6. The number of nitrogens with zero attached hydrogens (tertiary/aromatic N) is 6. The molecule has 2 aliphatic heterocycles. The van der Waals surface area contributed by atoms with E-state index in [1.54, 1.807) is 4.90 Å². The normalized spacial score (nSPS) is 21.0. The number of carbonyl (C=O) groups is 1. The Hall–Kier alpha value is -2.16. The van der Waals surface area contributed by atoms with Gasteiger partial charge in [0.2, 0.25) is 11.9 Å². The highest BCUT2D eigenvalue weighted by molar-refractivity contribution is 5.68. The second kappa shape index (κ2) is 8.46. The highest BCUT2D eigenvalue weighted by Crippen LogP contribution is 2.19. The Bertz CT molecular complexity index is 685. The number of carbonyl (C=O) groups excluding carboxylic acids is 1. The number of aryl methyl sites for hydroxylation is 1. The predicted molar refractivity (Wildman–Crippen MR) is 107 cm³/mol. The summed E-state index contributed by atoms with van der Waals surface area (Å²) in [7, 11) is 0. The third-order valence-corrected chi connectivity index (χ3v) is 4.71. The summed E-state index contributed by atoms with van der Waals surface area (Å²) in [5.74, 6) is 2.19. The summed E-state index contributed by atoms with van der Waals surface area (Å²) < 4.78 is 11.1. The van der Waals surface area contributed by atoms with Gasteiger partial charge in [-0.25, -0.2) is 4.79 Å². The summed E-state index contributed by atoms with van der Waals surface area (Å²) >= 11 is 0. The molecule has 0 aliphatic carbocycles. The Kier molecular flexibility index (Phi) is 6.22. The smallest absolute Gasteiger partial charge is 0.410 e. The minimum Gasteiger partial charge on any atom is -0.444 e. The second-order valence-electron chi connectivity index (χ2n) is 8.29. The summed E-state index contributed by atoms with van der Waals surface area (Å²) in [6.07, 6.45) is 0.650. The number of amides is 1. The molecule has 1 amide bonds. The molecule has 0 aromatic carbocycles. The Morgan fingerprint density at radius 1 is 1.07 bits per heavy atom. The molecule has 28 heavy (non-hydrogen) atoms. The van der Waals surface area contributed by atoms with Gasteiger partial charge < -0.3 is 24.2 Å². The van der Waals surface area contributed by atoms with Gasteiger partial charge in [-0.2, -0.15) is 15.0 Å². The van der Waals surface area contributed by atoms with E-state index in [2.05, 4.69) is 26.7 Å².